The molecule has 0 saturated carbocycles. The minimum absolute atomic E-state index is 0.166. The normalized spacial score (nSPS) is 10.7. The zero-order valence-electron chi connectivity index (χ0n) is 10.4. The summed E-state index contributed by atoms with van der Waals surface area (Å²) in [4.78, 5) is 15.7. The molecular weight excluding hydrogens is 261 g/mol. The van der Waals surface area contributed by atoms with Crippen molar-refractivity contribution in [2.24, 2.45) is 0 Å². The average Bonchev–Trinajstić information content (AvgIpc) is 2.82. The number of benzene rings is 1. The number of hydrogen-bond acceptors (Lipinski definition) is 4. The van der Waals surface area contributed by atoms with Crippen LogP contribution in [0.15, 0.2) is 58.0 Å². The van der Waals surface area contributed by atoms with Crippen molar-refractivity contribution in [2.75, 3.05) is 0 Å². The van der Waals surface area contributed by atoms with Gasteiger partial charge in [0.05, 0.1) is 6.54 Å². The first-order valence-corrected chi connectivity index (χ1v) is 5.95. The summed E-state index contributed by atoms with van der Waals surface area (Å²) in [6, 6.07) is 9.21. The second kappa shape index (κ2) is 5.08. The maximum Gasteiger partial charge on any atom is 0.437 e. The van der Waals surface area contributed by atoms with Gasteiger partial charge in [-0.25, -0.2) is 9.18 Å². The van der Waals surface area contributed by atoms with Crippen LogP contribution in [0.25, 0.3) is 11.5 Å². The van der Waals surface area contributed by atoms with Crippen LogP contribution < -0.4 is 5.76 Å². The van der Waals surface area contributed by atoms with Crippen LogP contribution >= 0.6 is 0 Å². The summed E-state index contributed by atoms with van der Waals surface area (Å²) >= 11 is 0. The summed E-state index contributed by atoms with van der Waals surface area (Å²) in [5.74, 6) is -0.752. The molecule has 0 amide bonds. The van der Waals surface area contributed by atoms with Crippen LogP contribution in [0.5, 0.6) is 0 Å². The van der Waals surface area contributed by atoms with E-state index in [1.807, 2.05) is 6.07 Å². The smallest absolute Gasteiger partial charge is 0.388 e. The highest BCUT2D eigenvalue weighted by molar-refractivity contribution is 5.51. The van der Waals surface area contributed by atoms with E-state index in [0.717, 1.165) is 5.56 Å². The van der Waals surface area contributed by atoms with E-state index in [2.05, 4.69) is 10.1 Å². The predicted molar refractivity (Wildman–Crippen MR) is 69.5 cm³/mol. The van der Waals surface area contributed by atoms with Gasteiger partial charge in [0, 0.05) is 18.0 Å². The molecule has 100 valence electrons. The summed E-state index contributed by atoms with van der Waals surface area (Å²) in [5.41, 5.74) is 1.39. The number of nitrogens with zero attached hydrogens (tertiary/aromatic N) is 3. The van der Waals surface area contributed by atoms with Crippen LogP contribution in [0.4, 0.5) is 4.39 Å². The molecule has 0 aliphatic heterocycles. The highest BCUT2D eigenvalue weighted by Gasteiger charge is 2.10. The van der Waals surface area contributed by atoms with E-state index in [9.17, 15) is 9.18 Å². The minimum atomic E-state index is -0.562. The first-order valence-electron chi connectivity index (χ1n) is 5.95. The predicted octanol–water partition coefficient (Wildman–Crippen LogP) is 2.09. The van der Waals surface area contributed by atoms with Gasteiger partial charge in [0.25, 0.3) is 0 Å². The monoisotopic (exact) mass is 271 g/mol. The molecule has 20 heavy (non-hydrogen) atoms. The second-order valence-electron chi connectivity index (χ2n) is 4.20. The molecular formula is C14H10FN3O2. The van der Waals surface area contributed by atoms with Crippen LogP contribution in [0.3, 0.4) is 0 Å². The van der Waals surface area contributed by atoms with Gasteiger partial charge >= 0.3 is 5.76 Å². The molecule has 3 aromatic rings. The Hall–Kier alpha value is -2.76. The lowest BCUT2D eigenvalue weighted by Crippen LogP contribution is -2.16. The highest BCUT2D eigenvalue weighted by atomic mass is 19.1. The summed E-state index contributed by atoms with van der Waals surface area (Å²) in [7, 11) is 0. The van der Waals surface area contributed by atoms with E-state index < -0.39 is 5.76 Å². The van der Waals surface area contributed by atoms with Crippen LogP contribution in [0.1, 0.15) is 5.56 Å². The summed E-state index contributed by atoms with van der Waals surface area (Å²) in [6.45, 7) is 0.275. The molecule has 0 radical (unpaired) electrons. The van der Waals surface area contributed by atoms with Crippen LogP contribution in [-0.2, 0) is 6.54 Å². The minimum Gasteiger partial charge on any atom is -0.388 e. The molecule has 6 heteroatoms. The fourth-order valence-corrected chi connectivity index (χ4v) is 1.78. The Bertz CT molecular complexity index is 763. The molecule has 0 saturated heterocycles. The van der Waals surface area contributed by atoms with E-state index in [-0.39, 0.29) is 18.3 Å². The molecule has 0 fully saturated rings. The Kier molecular flexibility index (Phi) is 3.12. The van der Waals surface area contributed by atoms with Crippen molar-refractivity contribution < 1.29 is 8.81 Å². The van der Waals surface area contributed by atoms with Gasteiger partial charge in [-0.1, -0.05) is 6.07 Å². The SMILES string of the molecule is O=c1oc(-c2ccc(F)cc2)nn1Cc1cccnc1. The van der Waals surface area contributed by atoms with Gasteiger partial charge < -0.3 is 4.42 Å². The summed E-state index contributed by atoms with van der Waals surface area (Å²) in [5, 5.41) is 4.09. The van der Waals surface area contributed by atoms with Crippen molar-refractivity contribution in [1.82, 2.24) is 14.8 Å². The molecule has 2 aromatic heterocycles. The Balaban J connectivity index is 1.91. The standard InChI is InChI=1S/C14H10FN3O2/c15-12-5-3-11(4-6-12)13-17-18(14(19)20-13)9-10-2-1-7-16-8-10/h1-8H,9H2. The molecule has 5 nitrogen and oxygen atoms in total. The number of rotatable bonds is 3. The quantitative estimate of drug-likeness (QED) is 0.731. The fourth-order valence-electron chi connectivity index (χ4n) is 1.78. The van der Waals surface area contributed by atoms with Crippen LogP contribution in [0.2, 0.25) is 0 Å². The Morgan fingerprint density at radius 1 is 1.20 bits per heavy atom. The maximum atomic E-state index is 12.8. The first kappa shape index (κ1) is 12.3. The van der Waals surface area contributed by atoms with Crippen LogP contribution in [-0.4, -0.2) is 14.8 Å². The molecule has 2 heterocycles. The Labute approximate surface area is 113 Å². The number of halogens is 1. The van der Waals surface area contributed by atoms with Gasteiger partial charge in [0.2, 0.25) is 5.89 Å². The van der Waals surface area contributed by atoms with Crippen molar-refractivity contribution in [2.45, 2.75) is 6.54 Å². The van der Waals surface area contributed by atoms with Gasteiger partial charge in [-0.05, 0) is 35.9 Å². The number of pyridine rings is 1. The van der Waals surface area contributed by atoms with Gasteiger partial charge in [-0.3, -0.25) is 4.98 Å². The van der Waals surface area contributed by atoms with E-state index in [1.165, 1.54) is 28.9 Å². The third-order valence-electron chi connectivity index (χ3n) is 2.75. The fraction of sp³-hybridized carbons (Fsp3) is 0.0714. The summed E-state index contributed by atoms with van der Waals surface area (Å²) in [6.07, 6.45) is 3.30. The molecule has 1 aromatic carbocycles. The molecule has 0 spiro atoms. The molecule has 0 aliphatic carbocycles. The molecule has 0 N–H and O–H groups in total. The van der Waals surface area contributed by atoms with Crippen molar-refractivity contribution in [3.05, 3.63) is 70.7 Å². The highest BCUT2D eigenvalue weighted by Crippen LogP contribution is 2.15. The Morgan fingerprint density at radius 2 is 2.00 bits per heavy atom. The third-order valence-corrected chi connectivity index (χ3v) is 2.75. The molecule has 0 unspecified atom stereocenters. The van der Waals surface area contributed by atoms with Gasteiger partial charge in [-0.15, -0.1) is 5.10 Å². The van der Waals surface area contributed by atoms with E-state index in [0.29, 0.717) is 5.56 Å². The lowest BCUT2D eigenvalue weighted by atomic mass is 10.2. The molecule has 0 atom stereocenters. The van der Waals surface area contributed by atoms with E-state index in [4.69, 9.17) is 4.42 Å². The van der Waals surface area contributed by atoms with Gasteiger partial charge in [0.1, 0.15) is 5.82 Å². The third kappa shape index (κ3) is 2.49. The van der Waals surface area contributed by atoms with Gasteiger partial charge in [-0.2, -0.15) is 4.68 Å². The summed E-state index contributed by atoms with van der Waals surface area (Å²) < 4.78 is 19.1. The largest absolute Gasteiger partial charge is 0.437 e. The number of aromatic nitrogens is 3. The van der Waals surface area contributed by atoms with E-state index >= 15 is 0 Å². The topological polar surface area (TPSA) is 60.9 Å². The lowest BCUT2D eigenvalue weighted by Gasteiger charge is -1.97. The second-order valence-corrected chi connectivity index (χ2v) is 4.20. The van der Waals surface area contributed by atoms with Crippen molar-refractivity contribution in [1.29, 1.82) is 0 Å². The van der Waals surface area contributed by atoms with E-state index in [1.54, 1.807) is 18.5 Å². The van der Waals surface area contributed by atoms with Crippen molar-refractivity contribution in [3.63, 3.8) is 0 Å². The van der Waals surface area contributed by atoms with Crippen molar-refractivity contribution in [3.8, 4) is 11.5 Å². The van der Waals surface area contributed by atoms with Crippen molar-refractivity contribution >= 4 is 0 Å². The molecule has 0 bridgehead atoms. The maximum absolute atomic E-state index is 12.8. The zero-order chi connectivity index (χ0) is 13.9. The first-order chi connectivity index (χ1) is 9.72. The van der Waals surface area contributed by atoms with Crippen LogP contribution in [0, 0.1) is 5.82 Å². The molecule has 0 aliphatic rings. The number of hydrogen-bond donors (Lipinski definition) is 0. The molecule has 3 rings (SSSR count). The Morgan fingerprint density at radius 3 is 2.70 bits per heavy atom. The van der Waals surface area contributed by atoms with Gasteiger partial charge in [0.15, 0.2) is 0 Å². The lowest BCUT2D eigenvalue weighted by molar-refractivity contribution is 0.495. The average molecular weight is 271 g/mol. The zero-order valence-corrected chi connectivity index (χ0v) is 10.4.